The molecule has 0 aliphatic rings. The second-order valence-electron chi connectivity index (χ2n) is 3.70. The number of hydrogen-bond acceptors (Lipinski definition) is 2. The molecule has 0 amide bonds. The molecule has 1 atom stereocenters. The summed E-state index contributed by atoms with van der Waals surface area (Å²) in [7, 11) is -1.12. The van der Waals surface area contributed by atoms with Crippen LogP contribution in [0, 0.1) is 0 Å². The van der Waals surface area contributed by atoms with Crippen LogP contribution in [-0.4, -0.2) is 23.1 Å². The molecule has 0 aromatic heterocycles. The van der Waals surface area contributed by atoms with E-state index in [1.807, 2.05) is 0 Å². The number of rotatable bonds is 7. The second kappa shape index (κ2) is 8.09. The predicted octanol–water partition coefficient (Wildman–Crippen LogP) is 3.49. The second-order valence-corrected chi connectivity index (χ2v) is 6.03. The van der Waals surface area contributed by atoms with E-state index in [9.17, 15) is 4.21 Å². The van der Waals surface area contributed by atoms with Crippen molar-refractivity contribution in [3.8, 4) is 0 Å². The molecule has 0 heterocycles. The van der Waals surface area contributed by atoms with Crippen molar-refractivity contribution in [1.82, 2.24) is 5.32 Å². The van der Waals surface area contributed by atoms with Crippen molar-refractivity contribution >= 4 is 34.0 Å². The van der Waals surface area contributed by atoms with Crippen molar-refractivity contribution in [2.75, 3.05) is 18.8 Å². The topological polar surface area (TPSA) is 29.1 Å². The summed E-state index contributed by atoms with van der Waals surface area (Å²) in [5, 5.41) is 4.24. The number of nitrogens with one attached hydrogen (secondary N) is 1. The highest BCUT2D eigenvalue weighted by Crippen LogP contribution is 2.27. The van der Waals surface area contributed by atoms with Gasteiger partial charge < -0.3 is 5.32 Å². The molecule has 5 heteroatoms. The lowest BCUT2D eigenvalue weighted by atomic mass is 10.4. The summed E-state index contributed by atoms with van der Waals surface area (Å²) in [6.45, 7) is 4.00. The van der Waals surface area contributed by atoms with Crippen LogP contribution in [0.2, 0.25) is 10.0 Å². The predicted molar refractivity (Wildman–Crippen MR) is 75.5 cm³/mol. The molecule has 1 unspecified atom stereocenters. The average Bonchev–Trinajstić information content (AvgIpc) is 2.28. The van der Waals surface area contributed by atoms with E-state index < -0.39 is 10.8 Å². The van der Waals surface area contributed by atoms with Gasteiger partial charge in [0.1, 0.15) is 0 Å². The van der Waals surface area contributed by atoms with Crippen molar-refractivity contribution in [3.63, 3.8) is 0 Å². The normalized spacial score (nSPS) is 12.6. The molecule has 0 aliphatic carbocycles. The zero-order valence-corrected chi connectivity index (χ0v) is 12.2. The van der Waals surface area contributed by atoms with E-state index >= 15 is 0 Å². The van der Waals surface area contributed by atoms with Gasteiger partial charge in [-0.1, -0.05) is 36.2 Å². The molecule has 1 N–H and O–H groups in total. The molecule has 1 rings (SSSR count). The maximum atomic E-state index is 12.0. The Morgan fingerprint density at radius 3 is 2.47 bits per heavy atom. The largest absolute Gasteiger partial charge is 0.317 e. The Balaban J connectivity index is 2.47. The van der Waals surface area contributed by atoms with Gasteiger partial charge in [0.25, 0.3) is 0 Å². The quantitative estimate of drug-likeness (QED) is 0.780. The maximum Gasteiger partial charge on any atom is 0.0760 e. The third-order valence-electron chi connectivity index (χ3n) is 2.26. The Labute approximate surface area is 115 Å². The highest BCUT2D eigenvalue weighted by atomic mass is 35.5. The van der Waals surface area contributed by atoms with Gasteiger partial charge in [0.05, 0.1) is 25.7 Å². The van der Waals surface area contributed by atoms with Gasteiger partial charge in [-0.15, -0.1) is 0 Å². The standard InChI is InChI=1S/C12H17Cl2NOS/c1-2-7-15-8-4-9-17(16)12-10(13)5-3-6-11(12)14/h3,5-6,15H,2,4,7-9H2,1H3. The highest BCUT2D eigenvalue weighted by Gasteiger charge is 2.12. The fraction of sp³-hybridized carbons (Fsp3) is 0.500. The highest BCUT2D eigenvalue weighted by molar-refractivity contribution is 7.85. The molecule has 96 valence electrons. The van der Waals surface area contributed by atoms with Crippen molar-refractivity contribution in [2.45, 2.75) is 24.7 Å². The van der Waals surface area contributed by atoms with Gasteiger partial charge in [0, 0.05) is 5.75 Å². The van der Waals surface area contributed by atoms with Gasteiger partial charge in [-0.2, -0.15) is 0 Å². The third-order valence-corrected chi connectivity index (χ3v) is 4.67. The molecule has 1 aromatic carbocycles. The lowest BCUT2D eigenvalue weighted by Gasteiger charge is -2.07. The van der Waals surface area contributed by atoms with Gasteiger partial charge in [-0.3, -0.25) is 4.21 Å². The Morgan fingerprint density at radius 1 is 1.24 bits per heavy atom. The van der Waals surface area contributed by atoms with Crippen LogP contribution in [-0.2, 0) is 10.8 Å². The minimum absolute atomic E-state index is 0.484. The summed E-state index contributed by atoms with van der Waals surface area (Å²) in [6, 6.07) is 5.19. The Kier molecular flexibility index (Phi) is 7.12. The van der Waals surface area contributed by atoms with Crippen LogP contribution >= 0.6 is 23.2 Å². The van der Waals surface area contributed by atoms with E-state index in [0.29, 0.717) is 20.7 Å². The maximum absolute atomic E-state index is 12.0. The van der Waals surface area contributed by atoms with Gasteiger partial charge in [-0.05, 0) is 38.1 Å². The van der Waals surface area contributed by atoms with Gasteiger partial charge in [-0.25, -0.2) is 0 Å². The lowest BCUT2D eigenvalue weighted by Crippen LogP contribution is -2.17. The van der Waals surface area contributed by atoms with E-state index in [1.165, 1.54) is 0 Å². The summed E-state index contributed by atoms with van der Waals surface area (Å²) >= 11 is 12.0. The monoisotopic (exact) mass is 293 g/mol. The molecule has 0 saturated heterocycles. The first kappa shape index (κ1) is 15.0. The number of benzene rings is 1. The summed E-state index contributed by atoms with van der Waals surface area (Å²) < 4.78 is 12.0. The van der Waals surface area contributed by atoms with Crippen molar-refractivity contribution in [3.05, 3.63) is 28.2 Å². The van der Waals surface area contributed by atoms with E-state index in [4.69, 9.17) is 23.2 Å². The first-order chi connectivity index (χ1) is 8.16. The smallest absolute Gasteiger partial charge is 0.0760 e. The fourth-order valence-electron chi connectivity index (χ4n) is 1.43. The molecular formula is C12H17Cl2NOS. The van der Waals surface area contributed by atoms with Crippen LogP contribution in [0.15, 0.2) is 23.1 Å². The van der Waals surface area contributed by atoms with Crippen LogP contribution < -0.4 is 5.32 Å². The van der Waals surface area contributed by atoms with E-state index in [-0.39, 0.29) is 0 Å². The van der Waals surface area contributed by atoms with Crippen LogP contribution in [0.25, 0.3) is 0 Å². The number of hydrogen-bond donors (Lipinski definition) is 1. The fourth-order valence-corrected chi connectivity index (χ4v) is 3.53. The van der Waals surface area contributed by atoms with Crippen LogP contribution in [0.5, 0.6) is 0 Å². The van der Waals surface area contributed by atoms with Crippen LogP contribution in [0.3, 0.4) is 0 Å². The van der Waals surface area contributed by atoms with Crippen LogP contribution in [0.4, 0.5) is 0 Å². The van der Waals surface area contributed by atoms with Gasteiger partial charge in [0.2, 0.25) is 0 Å². The first-order valence-corrected chi connectivity index (χ1v) is 7.77. The lowest BCUT2D eigenvalue weighted by molar-refractivity contribution is 0.652. The van der Waals surface area contributed by atoms with E-state index in [2.05, 4.69) is 12.2 Å². The molecule has 0 radical (unpaired) electrons. The molecule has 0 spiro atoms. The van der Waals surface area contributed by atoms with Crippen molar-refractivity contribution < 1.29 is 4.21 Å². The van der Waals surface area contributed by atoms with Gasteiger partial charge in [0.15, 0.2) is 0 Å². The minimum Gasteiger partial charge on any atom is -0.317 e. The molecular weight excluding hydrogens is 277 g/mol. The minimum atomic E-state index is -1.12. The summed E-state index contributed by atoms with van der Waals surface area (Å²) in [5.41, 5.74) is 0. The molecule has 0 bridgehead atoms. The summed E-state index contributed by atoms with van der Waals surface area (Å²) in [4.78, 5) is 0.561. The SMILES string of the molecule is CCCNCCCS(=O)c1c(Cl)cccc1Cl. The molecule has 0 saturated carbocycles. The molecule has 17 heavy (non-hydrogen) atoms. The van der Waals surface area contributed by atoms with Gasteiger partial charge >= 0.3 is 0 Å². The molecule has 1 aromatic rings. The van der Waals surface area contributed by atoms with Crippen molar-refractivity contribution in [2.24, 2.45) is 0 Å². The molecule has 0 fully saturated rings. The third kappa shape index (κ3) is 4.96. The molecule has 0 aliphatic heterocycles. The summed E-state index contributed by atoms with van der Waals surface area (Å²) in [6.07, 6.45) is 1.97. The zero-order chi connectivity index (χ0) is 12.7. The Bertz CT molecular complexity index is 365. The number of halogens is 2. The average molecular weight is 294 g/mol. The summed E-state index contributed by atoms with van der Waals surface area (Å²) in [5.74, 6) is 0.583. The molecule has 2 nitrogen and oxygen atoms in total. The van der Waals surface area contributed by atoms with Crippen molar-refractivity contribution in [1.29, 1.82) is 0 Å². The Morgan fingerprint density at radius 2 is 1.88 bits per heavy atom. The van der Waals surface area contributed by atoms with Crippen LogP contribution in [0.1, 0.15) is 19.8 Å². The Hall–Kier alpha value is -0.0900. The zero-order valence-electron chi connectivity index (χ0n) is 9.84. The first-order valence-electron chi connectivity index (χ1n) is 5.70. The van der Waals surface area contributed by atoms with E-state index in [1.54, 1.807) is 18.2 Å². The van der Waals surface area contributed by atoms with E-state index in [0.717, 1.165) is 25.9 Å².